The quantitative estimate of drug-likeness (QED) is 0.230. The van der Waals surface area contributed by atoms with Crippen LogP contribution < -0.4 is 4.72 Å². The maximum absolute atomic E-state index is 13.6. The van der Waals surface area contributed by atoms with Crippen molar-refractivity contribution in [1.29, 1.82) is 0 Å². The molecule has 190 valence electrons. The van der Waals surface area contributed by atoms with Gasteiger partial charge in [-0.3, -0.25) is 9.78 Å². The van der Waals surface area contributed by atoms with Gasteiger partial charge in [-0.05, 0) is 60.5 Å². The first-order chi connectivity index (χ1) is 18.5. The number of rotatable bonds is 5. The maximum atomic E-state index is 13.6. The summed E-state index contributed by atoms with van der Waals surface area (Å²) >= 11 is 7.88. The normalized spacial score (nSPS) is 15.1. The van der Waals surface area contributed by atoms with Crippen LogP contribution in [0.15, 0.2) is 102 Å². The second-order valence-electron chi connectivity index (χ2n) is 9.55. The van der Waals surface area contributed by atoms with E-state index in [1.807, 2.05) is 77.7 Å². The molecule has 0 bridgehead atoms. The molecule has 1 aliphatic heterocycles. The Morgan fingerprint density at radius 3 is 2.45 bits per heavy atom. The molecule has 1 amide bonds. The van der Waals surface area contributed by atoms with E-state index in [1.165, 1.54) is 11.9 Å². The minimum atomic E-state index is -1.03. The van der Waals surface area contributed by atoms with Crippen LogP contribution >= 0.6 is 23.5 Å². The predicted octanol–water partition coefficient (Wildman–Crippen LogP) is 7.28. The van der Waals surface area contributed by atoms with Crippen LogP contribution in [0.5, 0.6) is 0 Å². The van der Waals surface area contributed by atoms with Crippen molar-refractivity contribution in [3.8, 4) is 0 Å². The molecule has 0 atom stereocenters. The maximum Gasteiger partial charge on any atom is 0.254 e. The van der Waals surface area contributed by atoms with E-state index < -0.39 is 5.60 Å². The molecular formula is C31H26ClN3O2S. The number of aliphatic hydroxyl groups is 1. The zero-order valence-corrected chi connectivity index (χ0v) is 22.2. The predicted molar refractivity (Wildman–Crippen MR) is 156 cm³/mol. The van der Waals surface area contributed by atoms with Gasteiger partial charge in [-0.1, -0.05) is 72.3 Å². The van der Waals surface area contributed by atoms with Crippen molar-refractivity contribution in [3.63, 3.8) is 0 Å². The summed E-state index contributed by atoms with van der Waals surface area (Å²) in [5.41, 5.74) is 2.24. The summed E-state index contributed by atoms with van der Waals surface area (Å²) in [6, 6.07) is 29.3. The third-order valence-electron chi connectivity index (χ3n) is 7.27. The first-order valence-corrected chi connectivity index (χ1v) is 13.8. The van der Waals surface area contributed by atoms with Crippen molar-refractivity contribution in [2.45, 2.75) is 23.3 Å². The summed E-state index contributed by atoms with van der Waals surface area (Å²) < 4.78 is 3.48. The van der Waals surface area contributed by atoms with Gasteiger partial charge in [0.15, 0.2) is 0 Å². The van der Waals surface area contributed by atoms with Crippen LogP contribution in [0.3, 0.4) is 0 Å². The van der Waals surface area contributed by atoms with Gasteiger partial charge in [0.2, 0.25) is 0 Å². The van der Waals surface area contributed by atoms with Gasteiger partial charge >= 0.3 is 0 Å². The van der Waals surface area contributed by atoms with Crippen molar-refractivity contribution in [2.24, 2.45) is 0 Å². The van der Waals surface area contributed by atoms with Crippen LogP contribution in [-0.2, 0) is 5.60 Å². The lowest BCUT2D eigenvalue weighted by molar-refractivity contribution is -0.0210. The molecule has 0 unspecified atom stereocenters. The van der Waals surface area contributed by atoms with Crippen molar-refractivity contribution in [1.82, 2.24) is 9.88 Å². The molecule has 38 heavy (non-hydrogen) atoms. The van der Waals surface area contributed by atoms with Gasteiger partial charge in [0.25, 0.3) is 5.91 Å². The number of likely N-dealkylation sites (tertiary alicyclic amines) is 1. The number of halogens is 1. The van der Waals surface area contributed by atoms with Crippen LogP contribution in [0.1, 0.15) is 28.8 Å². The number of hydrogen-bond donors (Lipinski definition) is 2. The van der Waals surface area contributed by atoms with E-state index in [0.29, 0.717) is 36.5 Å². The summed E-state index contributed by atoms with van der Waals surface area (Å²) in [5, 5.41) is 14.8. The minimum Gasteiger partial charge on any atom is -0.385 e. The number of fused-ring (bicyclic) bond motifs is 2. The fourth-order valence-corrected chi connectivity index (χ4v) is 6.32. The number of anilines is 1. The number of amides is 1. The number of para-hydroxylation sites is 1. The van der Waals surface area contributed by atoms with Gasteiger partial charge in [-0.2, -0.15) is 0 Å². The third kappa shape index (κ3) is 4.60. The van der Waals surface area contributed by atoms with Crippen molar-refractivity contribution in [2.75, 3.05) is 17.8 Å². The second-order valence-corrected chi connectivity index (χ2v) is 10.8. The highest BCUT2D eigenvalue weighted by Gasteiger charge is 2.37. The number of piperidine rings is 1. The Kier molecular flexibility index (Phi) is 6.70. The SMILES string of the molecule is O=C(c1ccc(NSc2cccc3cccnc23)c2ccccc12)N1CCC(O)(c2ccccc2Cl)CC1. The number of nitrogens with one attached hydrogen (secondary N) is 1. The number of carbonyl (C=O) groups is 1. The zero-order valence-electron chi connectivity index (χ0n) is 20.6. The molecular weight excluding hydrogens is 514 g/mol. The highest BCUT2D eigenvalue weighted by atomic mass is 35.5. The average Bonchev–Trinajstić information content (AvgIpc) is 2.96. The van der Waals surface area contributed by atoms with Crippen LogP contribution in [-0.4, -0.2) is 34.0 Å². The minimum absolute atomic E-state index is 0.0279. The van der Waals surface area contributed by atoms with E-state index in [2.05, 4.69) is 21.8 Å². The molecule has 1 fully saturated rings. The molecule has 0 aliphatic carbocycles. The van der Waals surface area contributed by atoms with Crippen LogP contribution in [0.25, 0.3) is 21.7 Å². The zero-order chi connectivity index (χ0) is 26.1. The molecule has 1 saturated heterocycles. The first-order valence-electron chi connectivity index (χ1n) is 12.6. The Hall–Kier alpha value is -3.58. The van der Waals surface area contributed by atoms with E-state index in [4.69, 9.17) is 11.6 Å². The first kappa shape index (κ1) is 24.7. The molecule has 0 spiro atoms. The van der Waals surface area contributed by atoms with E-state index >= 15 is 0 Å². The van der Waals surface area contributed by atoms with Gasteiger partial charge in [0.1, 0.15) is 0 Å². The van der Waals surface area contributed by atoms with Crippen molar-refractivity contribution >= 4 is 56.8 Å². The number of carbonyl (C=O) groups excluding carboxylic acids is 1. The number of aromatic nitrogens is 1. The van der Waals surface area contributed by atoms with Gasteiger partial charge in [-0.15, -0.1) is 0 Å². The Labute approximate surface area is 230 Å². The summed E-state index contributed by atoms with van der Waals surface area (Å²) in [5.74, 6) is -0.0279. The lowest BCUT2D eigenvalue weighted by atomic mass is 9.84. The van der Waals surface area contributed by atoms with Crippen LogP contribution in [0.2, 0.25) is 5.02 Å². The Morgan fingerprint density at radius 2 is 1.63 bits per heavy atom. The molecule has 4 aromatic carbocycles. The highest BCUT2D eigenvalue weighted by Crippen LogP contribution is 2.38. The van der Waals surface area contributed by atoms with Gasteiger partial charge in [0, 0.05) is 46.2 Å². The Bertz CT molecular complexity index is 1640. The van der Waals surface area contributed by atoms with E-state index in [9.17, 15) is 9.90 Å². The number of hydrogen-bond acceptors (Lipinski definition) is 5. The molecule has 5 aromatic rings. The van der Waals surface area contributed by atoms with Gasteiger partial charge in [-0.25, -0.2) is 0 Å². The van der Waals surface area contributed by atoms with Crippen LogP contribution in [0, 0.1) is 0 Å². The molecule has 7 heteroatoms. The monoisotopic (exact) mass is 539 g/mol. The molecule has 2 N–H and O–H groups in total. The summed E-state index contributed by atoms with van der Waals surface area (Å²) in [6.45, 7) is 0.914. The molecule has 1 aromatic heterocycles. The summed E-state index contributed by atoms with van der Waals surface area (Å²) in [7, 11) is 0. The fraction of sp³-hybridized carbons (Fsp3) is 0.161. The van der Waals surface area contributed by atoms with Crippen molar-refractivity contribution in [3.05, 3.63) is 113 Å². The van der Waals surface area contributed by atoms with E-state index in [-0.39, 0.29) is 5.91 Å². The summed E-state index contributed by atoms with van der Waals surface area (Å²) in [6.07, 6.45) is 2.68. The smallest absolute Gasteiger partial charge is 0.254 e. The molecule has 0 radical (unpaired) electrons. The molecule has 2 heterocycles. The standard InChI is InChI=1S/C31H26ClN3O2S/c32-26-12-4-3-11-25(26)31(37)16-19-35(20-17-31)30(36)24-14-15-27(23-10-2-1-9-22(23)24)34-38-28-13-5-7-21-8-6-18-33-29(21)28/h1-15,18,34,37H,16-17,19-20H2. The van der Waals surface area contributed by atoms with Gasteiger partial charge in [0.05, 0.1) is 21.7 Å². The fourth-order valence-electron chi connectivity index (χ4n) is 5.20. The van der Waals surface area contributed by atoms with Gasteiger partial charge < -0.3 is 14.7 Å². The van der Waals surface area contributed by atoms with E-state index in [0.717, 1.165) is 37.8 Å². The summed E-state index contributed by atoms with van der Waals surface area (Å²) in [4.78, 5) is 21.1. The van der Waals surface area contributed by atoms with Crippen molar-refractivity contribution < 1.29 is 9.90 Å². The topological polar surface area (TPSA) is 65.5 Å². The number of nitrogens with zero attached hydrogens (tertiary/aromatic N) is 2. The molecule has 1 aliphatic rings. The molecule has 0 saturated carbocycles. The van der Waals surface area contributed by atoms with E-state index in [1.54, 1.807) is 12.3 Å². The Morgan fingerprint density at radius 1 is 0.895 bits per heavy atom. The second kappa shape index (κ2) is 10.3. The lowest BCUT2D eigenvalue weighted by Crippen LogP contribution is -2.45. The highest BCUT2D eigenvalue weighted by molar-refractivity contribution is 8.00. The molecule has 5 nitrogen and oxygen atoms in total. The largest absolute Gasteiger partial charge is 0.385 e. The number of pyridine rings is 1. The van der Waals surface area contributed by atoms with Crippen LogP contribution in [0.4, 0.5) is 5.69 Å². The lowest BCUT2D eigenvalue weighted by Gasteiger charge is -2.39. The molecule has 6 rings (SSSR count). The third-order valence-corrected chi connectivity index (χ3v) is 8.48. The Balaban J connectivity index is 1.23. The number of benzene rings is 4. The average molecular weight is 540 g/mol.